The molecule has 94 valence electrons. The maximum absolute atomic E-state index is 12.7. The third-order valence-corrected chi connectivity index (χ3v) is 2.74. The van der Waals surface area contributed by atoms with Gasteiger partial charge in [0.15, 0.2) is 0 Å². The van der Waals surface area contributed by atoms with Gasteiger partial charge in [0.05, 0.1) is 0 Å². The SMILES string of the molecule is Oc1cccc(CNCCc2ccc(F)cc2)c1. The highest BCUT2D eigenvalue weighted by Gasteiger charge is 1.96. The van der Waals surface area contributed by atoms with Gasteiger partial charge in [0, 0.05) is 6.54 Å². The van der Waals surface area contributed by atoms with Crippen LogP contribution >= 0.6 is 0 Å². The number of hydrogen-bond acceptors (Lipinski definition) is 2. The van der Waals surface area contributed by atoms with E-state index < -0.39 is 0 Å². The van der Waals surface area contributed by atoms with Gasteiger partial charge in [-0.25, -0.2) is 4.39 Å². The van der Waals surface area contributed by atoms with Crippen molar-refractivity contribution in [1.82, 2.24) is 5.32 Å². The molecular formula is C15H16FNO. The summed E-state index contributed by atoms with van der Waals surface area (Å²) in [6, 6.07) is 13.7. The van der Waals surface area contributed by atoms with E-state index in [1.165, 1.54) is 12.1 Å². The fourth-order valence-corrected chi connectivity index (χ4v) is 1.78. The highest BCUT2D eigenvalue weighted by Crippen LogP contribution is 2.10. The van der Waals surface area contributed by atoms with Crippen LogP contribution in [0, 0.1) is 5.82 Å². The van der Waals surface area contributed by atoms with E-state index in [0.717, 1.165) is 30.6 Å². The molecule has 0 atom stereocenters. The van der Waals surface area contributed by atoms with E-state index in [-0.39, 0.29) is 11.6 Å². The van der Waals surface area contributed by atoms with Crippen molar-refractivity contribution in [3.05, 3.63) is 65.5 Å². The van der Waals surface area contributed by atoms with E-state index in [9.17, 15) is 9.50 Å². The number of hydrogen-bond donors (Lipinski definition) is 2. The molecule has 18 heavy (non-hydrogen) atoms. The Morgan fingerprint density at radius 1 is 1.00 bits per heavy atom. The molecule has 0 spiro atoms. The number of aromatic hydroxyl groups is 1. The Labute approximate surface area is 106 Å². The van der Waals surface area contributed by atoms with Gasteiger partial charge < -0.3 is 10.4 Å². The molecule has 0 radical (unpaired) electrons. The molecular weight excluding hydrogens is 229 g/mol. The molecule has 0 aliphatic carbocycles. The lowest BCUT2D eigenvalue weighted by Gasteiger charge is -2.05. The van der Waals surface area contributed by atoms with Gasteiger partial charge in [-0.05, 0) is 48.4 Å². The van der Waals surface area contributed by atoms with Gasteiger partial charge in [-0.15, -0.1) is 0 Å². The minimum Gasteiger partial charge on any atom is -0.508 e. The first kappa shape index (κ1) is 12.6. The summed E-state index contributed by atoms with van der Waals surface area (Å²) in [5.74, 6) is 0.0827. The summed E-state index contributed by atoms with van der Waals surface area (Å²) in [4.78, 5) is 0. The number of rotatable bonds is 5. The third kappa shape index (κ3) is 3.86. The van der Waals surface area contributed by atoms with Gasteiger partial charge in [0.2, 0.25) is 0 Å². The van der Waals surface area contributed by atoms with Crippen molar-refractivity contribution in [3.63, 3.8) is 0 Å². The van der Waals surface area contributed by atoms with Crippen LogP contribution in [0.5, 0.6) is 5.75 Å². The standard InChI is InChI=1S/C15H16FNO/c16-14-6-4-12(5-7-14)8-9-17-11-13-2-1-3-15(18)10-13/h1-7,10,17-18H,8-9,11H2. The monoisotopic (exact) mass is 245 g/mol. The number of nitrogens with one attached hydrogen (secondary N) is 1. The van der Waals surface area contributed by atoms with E-state index in [1.807, 2.05) is 12.1 Å². The fourth-order valence-electron chi connectivity index (χ4n) is 1.78. The zero-order valence-electron chi connectivity index (χ0n) is 10.1. The molecule has 0 fully saturated rings. The lowest BCUT2D eigenvalue weighted by molar-refractivity contribution is 0.474. The summed E-state index contributed by atoms with van der Waals surface area (Å²) in [6.45, 7) is 1.54. The Kier molecular flexibility index (Phi) is 4.31. The molecule has 0 unspecified atom stereocenters. The average Bonchev–Trinajstić information content (AvgIpc) is 2.37. The van der Waals surface area contributed by atoms with Crippen LogP contribution in [0.25, 0.3) is 0 Å². The van der Waals surface area contributed by atoms with Gasteiger partial charge >= 0.3 is 0 Å². The number of phenols is 1. The highest BCUT2D eigenvalue weighted by atomic mass is 19.1. The Hall–Kier alpha value is -1.87. The maximum atomic E-state index is 12.7. The first-order chi connectivity index (χ1) is 8.74. The van der Waals surface area contributed by atoms with E-state index >= 15 is 0 Å². The van der Waals surface area contributed by atoms with Crippen LogP contribution in [0.15, 0.2) is 48.5 Å². The second kappa shape index (κ2) is 6.17. The van der Waals surface area contributed by atoms with Crippen molar-refractivity contribution in [3.8, 4) is 5.75 Å². The minimum absolute atomic E-state index is 0.202. The van der Waals surface area contributed by atoms with Crippen molar-refractivity contribution in [1.29, 1.82) is 0 Å². The predicted octanol–water partition coefficient (Wildman–Crippen LogP) is 2.86. The van der Waals surface area contributed by atoms with Gasteiger partial charge in [-0.1, -0.05) is 24.3 Å². The van der Waals surface area contributed by atoms with E-state index in [2.05, 4.69) is 5.32 Å². The van der Waals surface area contributed by atoms with Crippen LogP contribution < -0.4 is 5.32 Å². The lowest BCUT2D eigenvalue weighted by atomic mass is 10.1. The molecule has 2 aromatic carbocycles. The van der Waals surface area contributed by atoms with Crippen LogP contribution in [0.2, 0.25) is 0 Å². The van der Waals surface area contributed by atoms with E-state index in [0.29, 0.717) is 0 Å². The van der Waals surface area contributed by atoms with Crippen molar-refractivity contribution in [2.75, 3.05) is 6.54 Å². The smallest absolute Gasteiger partial charge is 0.123 e. The molecule has 0 aliphatic heterocycles. The summed E-state index contributed by atoms with van der Waals surface area (Å²) in [6.07, 6.45) is 0.860. The maximum Gasteiger partial charge on any atom is 0.123 e. The Morgan fingerprint density at radius 2 is 1.78 bits per heavy atom. The molecule has 3 heteroatoms. The van der Waals surface area contributed by atoms with Crippen LogP contribution in [0.1, 0.15) is 11.1 Å². The topological polar surface area (TPSA) is 32.3 Å². The molecule has 2 nitrogen and oxygen atoms in total. The second-order valence-corrected chi connectivity index (χ2v) is 4.22. The first-order valence-electron chi connectivity index (χ1n) is 5.97. The first-order valence-corrected chi connectivity index (χ1v) is 5.97. The summed E-state index contributed by atoms with van der Waals surface area (Å²) < 4.78 is 12.7. The molecule has 0 bridgehead atoms. The van der Waals surface area contributed by atoms with Crippen LogP contribution in [0.4, 0.5) is 4.39 Å². The summed E-state index contributed by atoms with van der Waals surface area (Å²) >= 11 is 0. The Morgan fingerprint density at radius 3 is 2.50 bits per heavy atom. The zero-order chi connectivity index (χ0) is 12.8. The minimum atomic E-state index is -0.202. The van der Waals surface area contributed by atoms with Crippen molar-refractivity contribution in [2.45, 2.75) is 13.0 Å². The predicted molar refractivity (Wildman–Crippen MR) is 69.9 cm³/mol. The van der Waals surface area contributed by atoms with E-state index in [1.54, 1.807) is 24.3 Å². The molecule has 0 saturated heterocycles. The molecule has 0 aliphatic rings. The number of benzene rings is 2. The van der Waals surface area contributed by atoms with Crippen molar-refractivity contribution in [2.24, 2.45) is 0 Å². The molecule has 2 rings (SSSR count). The van der Waals surface area contributed by atoms with Crippen molar-refractivity contribution >= 4 is 0 Å². The summed E-state index contributed by atoms with van der Waals surface area (Å²) in [7, 11) is 0. The summed E-state index contributed by atoms with van der Waals surface area (Å²) in [5.41, 5.74) is 2.16. The molecule has 0 saturated carbocycles. The Balaban J connectivity index is 1.74. The van der Waals surface area contributed by atoms with E-state index in [4.69, 9.17) is 0 Å². The van der Waals surface area contributed by atoms with Crippen LogP contribution in [-0.2, 0) is 13.0 Å². The normalized spacial score (nSPS) is 10.5. The van der Waals surface area contributed by atoms with Crippen LogP contribution in [-0.4, -0.2) is 11.7 Å². The van der Waals surface area contributed by atoms with Gasteiger partial charge in [-0.2, -0.15) is 0 Å². The fraction of sp³-hybridized carbons (Fsp3) is 0.200. The molecule has 0 amide bonds. The second-order valence-electron chi connectivity index (χ2n) is 4.22. The zero-order valence-corrected chi connectivity index (χ0v) is 10.1. The quantitative estimate of drug-likeness (QED) is 0.794. The molecule has 0 aromatic heterocycles. The van der Waals surface area contributed by atoms with Crippen LogP contribution in [0.3, 0.4) is 0 Å². The van der Waals surface area contributed by atoms with Gasteiger partial charge in [-0.3, -0.25) is 0 Å². The van der Waals surface area contributed by atoms with Crippen molar-refractivity contribution < 1.29 is 9.50 Å². The summed E-state index contributed by atoms with van der Waals surface area (Å²) in [5, 5.41) is 12.6. The number of phenolic OH excluding ortho intramolecular Hbond substituents is 1. The average molecular weight is 245 g/mol. The highest BCUT2D eigenvalue weighted by molar-refractivity contribution is 5.27. The molecule has 2 N–H and O–H groups in total. The lowest BCUT2D eigenvalue weighted by Crippen LogP contribution is -2.16. The number of halogens is 1. The molecule has 0 heterocycles. The molecule has 2 aromatic rings. The van der Waals surface area contributed by atoms with Gasteiger partial charge in [0.25, 0.3) is 0 Å². The van der Waals surface area contributed by atoms with Gasteiger partial charge in [0.1, 0.15) is 11.6 Å². The largest absolute Gasteiger partial charge is 0.508 e. The Bertz CT molecular complexity index is 496. The third-order valence-electron chi connectivity index (χ3n) is 2.74.